The van der Waals surface area contributed by atoms with Gasteiger partial charge in [0.2, 0.25) is 0 Å². The lowest BCUT2D eigenvalue weighted by Gasteiger charge is -2.15. The molecule has 1 atom stereocenters. The minimum Gasteiger partial charge on any atom is -0.316 e. The van der Waals surface area contributed by atoms with Crippen LogP contribution in [0.5, 0.6) is 0 Å². The molecule has 1 aromatic carbocycles. The molecule has 0 amide bonds. The van der Waals surface area contributed by atoms with Crippen LogP contribution in [0.15, 0.2) is 29.9 Å². The largest absolute Gasteiger partial charge is 0.316 e. The summed E-state index contributed by atoms with van der Waals surface area (Å²) in [7, 11) is 1.88. The highest BCUT2D eigenvalue weighted by atomic mass is 35.5. The van der Waals surface area contributed by atoms with E-state index in [-0.39, 0.29) is 16.9 Å². The van der Waals surface area contributed by atoms with Crippen LogP contribution in [0.1, 0.15) is 10.4 Å². The van der Waals surface area contributed by atoms with E-state index in [1.165, 1.54) is 4.88 Å². The van der Waals surface area contributed by atoms with E-state index < -0.39 is 0 Å². The van der Waals surface area contributed by atoms with Crippen molar-refractivity contribution in [3.63, 3.8) is 0 Å². The molecule has 0 aliphatic rings. The molecule has 2 nitrogen and oxygen atoms in total. The molecular formula is C13H14ClFN2S. The maximum absolute atomic E-state index is 13.8. The molecule has 2 aromatic rings. The number of nitrogens with one attached hydrogen (secondary N) is 1. The van der Waals surface area contributed by atoms with Crippen molar-refractivity contribution in [1.29, 1.82) is 0 Å². The van der Waals surface area contributed by atoms with Crippen LogP contribution in [-0.2, 0) is 12.8 Å². The zero-order valence-electron chi connectivity index (χ0n) is 9.99. The molecule has 0 bridgehead atoms. The van der Waals surface area contributed by atoms with E-state index >= 15 is 0 Å². The van der Waals surface area contributed by atoms with Gasteiger partial charge in [-0.3, -0.25) is 4.98 Å². The zero-order valence-corrected chi connectivity index (χ0v) is 11.6. The van der Waals surface area contributed by atoms with Crippen LogP contribution < -0.4 is 5.32 Å². The maximum Gasteiger partial charge on any atom is 0.145 e. The first kappa shape index (κ1) is 13.5. The number of rotatable bonds is 5. The molecule has 1 aromatic heterocycles. The first-order valence-electron chi connectivity index (χ1n) is 5.68. The van der Waals surface area contributed by atoms with Gasteiger partial charge in [0.1, 0.15) is 5.82 Å². The molecule has 0 fully saturated rings. The topological polar surface area (TPSA) is 24.9 Å². The Hall–Kier alpha value is -0.970. The average molecular weight is 285 g/mol. The predicted molar refractivity (Wildman–Crippen MR) is 73.8 cm³/mol. The zero-order chi connectivity index (χ0) is 13.0. The summed E-state index contributed by atoms with van der Waals surface area (Å²) in [5.74, 6) is -0.316. The minimum absolute atomic E-state index is 0.179. The Morgan fingerprint density at radius 3 is 2.94 bits per heavy atom. The molecule has 0 spiro atoms. The van der Waals surface area contributed by atoms with E-state index in [9.17, 15) is 4.39 Å². The second-order valence-electron chi connectivity index (χ2n) is 4.07. The summed E-state index contributed by atoms with van der Waals surface area (Å²) in [6.45, 7) is 0. The highest BCUT2D eigenvalue weighted by Gasteiger charge is 2.13. The number of benzene rings is 1. The smallest absolute Gasteiger partial charge is 0.145 e. The molecule has 1 unspecified atom stereocenters. The summed E-state index contributed by atoms with van der Waals surface area (Å²) < 4.78 is 13.8. The minimum atomic E-state index is -0.316. The Balaban J connectivity index is 2.08. The fraction of sp³-hybridized carbons (Fsp3) is 0.308. The Morgan fingerprint density at radius 2 is 2.28 bits per heavy atom. The number of hydrogen-bond donors (Lipinski definition) is 1. The average Bonchev–Trinajstić information content (AvgIpc) is 2.86. The molecule has 2 rings (SSSR count). The van der Waals surface area contributed by atoms with Gasteiger partial charge in [0.25, 0.3) is 0 Å². The van der Waals surface area contributed by atoms with Gasteiger partial charge in [-0.05, 0) is 31.5 Å². The third-order valence-corrected chi connectivity index (χ3v) is 3.93. The van der Waals surface area contributed by atoms with Crippen molar-refractivity contribution in [2.45, 2.75) is 18.9 Å². The van der Waals surface area contributed by atoms with Crippen LogP contribution in [0.25, 0.3) is 0 Å². The summed E-state index contributed by atoms with van der Waals surface area (Å²) in [6, 6.07) is 5.30. The van der Waals surface area contributed by atoms with Crippen molar-refractivity contribution in [1.82, 2.24) is 10.3 Å². The Kier molecular flexibility index (Phi) is 4.69. The van der Waals surface area contributed by atoms with Crippen molar-refractivity contribution < 1.29 is 4.39 Å². The molecule has 0 saturated heterocycles. The maximum atomic E-state index is 13.8. The second kappa shape index (κ2) is 6.27. The number of aromatic nitrogens is 1. The summed E-state index contributed by atoms with van der Waals surface area (Å²) in [4.78, 5) is 5.24. The van der Waals surface area contributed by atoms with Gasteiger partial charge < -0.3 is 5.32 Å². The van der Waals surface area contributed by atoms with Crippen LogP contribution in [0, 0.1) is 5.82 Å². The molecule has 18 heavy (non-hydrogen) atoms. The Morgan fingerprint density at radius 1 is 1.44 bits per heavy atom. The van der Waals surface area contributed by atoms with E-state index in [1.807, 2.05) is 18.8 Å². The fourth-order valence-electron chi connectivity index (χ4n) is 1.83. The standard InChI is InChI=1S/C13H14ClFN2S/c1-16-10(6-11-7-17-8-18-11)5-9-3-2-4-12(14)13(9)15/h2-4,7-8,10,16H,5-6H2,1H3. The molecule has 1 N–H and O–H groups in total. The van der Waals surface area contributed by atoms with Crippen LogP contribution in [-0.4, -0.2) is 18.1 Å². The highest BCUT2D eigenvalue weighted by molar-refractivity contribution is 7.09. The molecule has 0 radical (unpaired) electrons. The lowest BCUT2D eigenvalue weighted by atomic mass is 10.0. The third kappa shape index (κ3) is 3.28. The lowest BCUT2D eigenvalue weighted by molar-refractivity contribution is 0.535. The summed E-state index contributed by atoms with van der Waals surface area (Å²) in [5.41, 5.74) is 2.45. The van der Waals surface area contributed by atoms with E-state index in [0.717, 1.165) is 6.42 Å². The Labute approximate surface area is 115 Å². The monoisotopic (exact) mass is 284 g/mol. The quantitative estimate of drug-likeness (QED) is 0.911. The first-order valence-corrected chi connectivity index (χ1v) is 6.94. The van der Waals surface area contributed by atoms with Crippen LogP contribution in [0.4, 0.5) is 4.39 Å². The van der Waals surface area contributed by atoms with Gasteiger partial charge in [0.15, 0.2) is 0 Å². The van der Waals surface area contributed by atoms with Crippen molar-refractivity contribution in [3.05, 3.63) is 51.2 Å². The summed E-state index contributed by atoms with van der Waals surface area (Å²) in [6.07, 6.45) is 3.30. The molecule has 96 valence electrons. The Bertz CT molecular complexity index is 502. The van der Waals surface area contributed by atoms with Gasteiger partial charge in [0.05, 0.1) is 10.5 Å². The third-order valence-electron chi connectivity index (χ3n) is 2.84. The second-order valence-corrected chi connectivity index (χ2v) is 5.45. The number of likely N-dealkylation sites (N-methyl/N-ethyl adjacent to an activating group) is 1. The molecule has 5 heteroatoms. The van der Waals surface area contributed by atoms with E-state index in [4.69, 9.17) is 11.6 Å². The van der Waals surface area contributed by atoms with E-state index in [2.05, 4.69) is 10.3 Å². The van der Waals surface area contributed by atoms with E-state index in [1.54, 1.807) is 29.5 Å². The molecular weight excluding hydrogens is 271 g/mol. The van der Waals surface area contributed by atoms with Crippen LogP contribution in [0.2, 0.25) is 5.02 Å². The summed E-state index contributed by atoms with van der Waals surface area (Å²) in [5, 5.41) is 3.39. The first-order chi connectivity index (χ1) is 8.70. The number of thiazole rings is 1. The van der Waals surface area contributed by atoms with Gasteiger partial charge in [-0.25, -0.2) is 4.39 Å². The SMILES string of the molecule is CNC(Cc1cncs1)Cc1cccc(Cl)c1F. The van der Waals surface area contributed by atoms with Gasteiger partial charge in [-0.1, -0.05) is 23.7 Å². The number of halogens is 2. The molecule has 0 aliphatic heterocycles. The van der Waals surface area contributed by atoms with Gasteiger partial charge in [-0.2, -0.15) is 0 Å². The van der Waals surface area contributed by atoms with Crippen molar-refractivity contribution in [2.75, 3.05) is 7.05 Å². The van der Waals surface area contributed by atoms with Crippen LogP contribution >= 0.6 is 22.9 Å². The van der Waals surface area contributed by atoms with Crippen molar-refractivity contribution in [2.24, 2.45) is 0 Å². The van der Waals surface area contributed by atoms with Gasteiger partial charge in [0, 0.05) is 17.1 Å². The highest BCUT2D eigenvalue weighted by Crippen LogP contribution is 2.20. The normalized spacial score (nSPS) is 12.6. The summed E-state index contributed by atoms with van der Waals surface area (Å²) >= 11 is 7.39. The van der Waals surface area contributed by atoms with Gasteiger partial charge >= 0.3 is 0 Å². The fourth-order valence-corrected chi connectivity index (χ4v) is 2.70. The van der Waals surface area contributed by atoms with Crippen molar-refractivity contribution >= 4 is 22.9 Å². The predicted octanol–water partition coefficient (Wildman–Crippen LogP) is 3.31. The molecule has 0 aliphatic carbocycles. The molecule has 1 heterocycles. The van der Waals surface area contributed by atoms with E-state index in [0.29, 0.717) is 12.0 Å². The molecule has 0 saturated carbocycles. The lowest BCUT2D eigenvalue weighted by Crippen LogP contribution is -2.30. The van der Waals surface area contributed by atoms with Gasteiger partial charge in [-0.15, -0.1) is 11.3 Å². The number of nitrogens with zero attached hydrogens (tertiary/aromatic N) is 1. The van der Waals surface area contributed by atoms with Crippen molar-refractivity contribution in [3.8, 4) is 0 Å². The van der Waals surface area contributed by atoms with Crippen LogP contribution in [0.3, 0.4) is 0 Å². The number of hydrogen-bond acceptors (Lipinski definition) is 3.